The lowest BCUT2D eigenvalue weighted by Gasteiger charge is -2.20. The average molecular weight is 360 g/mol. The molecule has 25 heavy (non-hydrogen) atoms. The quantitative estimate of drug-likeness (QED) is 0.807. The van der Waals surface area contributed by atoms with Gasteiger partial charge < -0.3 is 10.1 Å². The first kappa shape index (κ1) is 19.3. The van der Waals surface area contributed by atoms with Gasteiger partial charge in [0.15, 0.2) is 6.10 Å². The van der Waals surface area contributed by atoms with Crippen molar-refractivity contribution < 1.29 is 9.53 Å². The van der Waals surface area contributed by atoms with Gasteiger partial charge in [-0.15, -0.1) is 0 Å². The minimum atomic E-state index is -0.536. The van der Waals surface area contributed by atoms with E-state index in [1.807, 2.05) is 48.5 Å². The van der Waals surface area contributed by atoms with Crippen molar-refractivity contribution in [3.05, 3.63) is 64.7 Å². The van der Waals surface area contributed by atoms with Gasteiger partial charge in [0.25, 0.3) is 5.91 Å². The Hall–Kier alpha value is -2.00. The first-order chi connectivity index (χ1) is 11.8. The van der Waals surface area contributed by atoms with Crippen molar-refractivity contribution in [2.24, 2.45) is 0 Å². The molecule has 2 aromatic rings. The van der Waals surface area contributed by atoms with Gasteiger partial charge in [0.1, 0.15) is 5.75 Å². The maximum Gasteiger partial charge on any atom is 0.260 e. The second-order valence-corrected chi connectivity index (χ2v) is 7.64. The van der Waals surface area contributed by atoms with Crippen LogP contribution in [0.15, 0.2) is 48.5 Å². The van der Waals surface area contributed by atoms with Crippen LogP contribution in [0.4, 0.5) is 0 Å². The zero-order valence-electron chi connectivity index (χ0n) is 15.3. The van der Waals surface area contributed by atoms with Crippen LogP contribution in [0.2, 0.25) is 5.02 Å². The topological polar surface area (TPSA) is 38.3 Å². The van der Waals surface area contributed by atoms with Gasteiger partial charge in [-0.3, -0.25) is 4.79 Å². The van der Waals surface area contributed by atoms with E-state index in [1.54, 1.807) is 6.92 Å². The summed E-state index contributed by atoms with van der Waals surface area (Å²) >= 11 is 5.86. The molecule has 0 unspecified atom stereocenters. The summed E-state index contributed by atoms with van der Waals surface area (Å²) in [7, 11) is 0. The molecule has 1 N–H and O–H groups in total. The van der Waals surface area contributed by atoms with Crippen molar-refractivity contribution in [1.82, 2.24) is 5.32 Å². The van der Waals surface area contributed by atoms with Crippen LogP contribution in [0.5, 0.6) is 5.75 Å². The van der Waals surface area contributed by atoms with Gasteiger partial charge in [0.05, 0.1) is 0 Å². The van der Waals surface area contributed by atoms with E-state index in [0.29, 0.717) is 17.3 Å². The highest BCUT2D eigenvalue weighted by Crippen LogP contribution is 2.24. The molecule has 0 aliphatic carbocycles. The van der Waals surface area contributed by atoms with E-state index >= 15 is 0 Å². The summed E-state index contributed by atoms with van der Waals surface area (Å²) in [5, 5.41) is 3.62. The van der Waals surface area contributed by atoms with Crippen LogP contribution in [-0.4, -0.2) is 18.6 Å². The first-order valence-corrected chi connectivity index (χ1v) is 8.93. The number of amides is 1. The Bertz CT molecular complexity index is 687. The summed E-state index contributed by atoms with van der Waals surface area (Å²) in [6.07, 6.45) is 0.223. The van der Waals surface area contributed by atoms with Gasteiger partial charge in [0.2, 0.25) is 0 Å². The van der Waals surface area contributed by atoms with Crippen molar-refractivity contribution >= 4 is 17.5 Å². The van der Waals surface area contributed by atoms with Crippen LogP contribution in [0, 0.1) is 0 Å². The number of hydrogen-bond acceptors (Lipinski definition) is 2. The molecule has 1 atom stereocenters. The molecule has 0 aliphatic heterocycles. The Balaban J connectivity index is 1.80. The number of ether oxygens (including phenoxy) is 1. The van der Waals surface area contributed by atoms with E-state index in [2.05, 4.69) is 26.1 Å². The maximum absolute atomic E-state index is 12.2. The molecule has 0 aliphatic rings. The third kappa shape index (κ3) is 6.09. The van der Waals surface area contributed by atoms with Crippen LogP contribution in [-0.2, 0) is 16.6 Å². The summed E-state index contributed by atoms with van der Waals surface area (Å²) in [4.78, 5) is 12.2. The molecule has 0 saturated carbocycles. The third-order valence-electron chi connectivity index (χ3n) is 4.03. The highest BCUT2D eigenvalue weighted by Gasteiger charge is 2.16. The fourth-order valence-corrected chi connectivity index (χ4v) is 2.54. The maximum atomic E-state index is 12.2. The lowest BCUT2D eigenvalue weighted by molar-refractivity contribution is -0.127. The summed E-state index contributed by atoms with van der Waals surface area (Å²) in [5.74, 6) is 0.585. The van der Waals surface area contributed by atoms with E-state index in [9.17, 15) is 4.79 Å². The molecule has 3 nitrogen and oxygen atoms in total. The van der Waals surface area contributed by atoms with E-state index < -0.39 is 6.10 Å². The van der Waals surface area contributed by atoms with Gasteiger partial charge in [-0.25, -0.2) is 0 Å². The van der Waals surface area contributed by atoms with Crippen molar-refractivity contribution in [2.45, 2.75) is 45.6 Å². The van der Waals surface area contributed by atoms with Crippen molar-refractivity contribution in [3.8, 4) is 5.75 Å². The number of carbonyl (C=O) groups excluding carboxylic acids is 1. The number of hydrogen-bond donors (Lipinski definition) is 1. The fourth-order valence-electron chi connectivity index (χ4n) is 2.42. The van der Waals surface area contributed by atoms with Gasteiger partial charge in [0, 0.05) is 11.6 Å². The van der Waals surface area contributed by atoms with E-state index in [4.69, 9.17) is 16.3 Å². The number of rotatable bonds is 6. The molecule has 0 fully saturated rings. The van der Waals surface area contributed by atoms with E-state index in [0.717, 1.165) is 12.0 Å². The number of halogens is 1. The monoisotopic (exact) mass is 359 g/mol. The van der Waals surface area contributed by atoms with Crippen molar-refractivity contribution in [2.75, 3.05) is 6.54 Å². The lowest BCUT2D eigenvalue weighted by atomic mass is 9.87. The van der Waals surface area contributed by atoms with Crippen LogP contribution in [0.25, 0.3) is 0 Å². The lowest BCUT2D eigenvalue weighted by Crippen LogP contribution is -2.37. The molecular weight excluding hydrogens is 334 g/mol. The molecule has 0 saturated heterocycles. The minimum absolute atomic E-state index is 0.100. The molecule has 2 aromatic carbocycles. The van der Waals surface area contributed by atoms with E-state index in [1.165, 1.54) is 5.56 Å². The first-order valence-electron chi connectivity index (χ1n) is 8.55. The summed E-state index contributed by atoms with van der Waals surface area (Å²) in [5.41, 5.74) is 2.47. The predicted molar refractivity (Wildman–Crippen MR) is 103 cm³/mol. The molecule has 0 bridgehead atoms. The molecule has 0 spiro atoms. The normalized spacial score (nSPS) is 12.5. The Morgan fingerprint density at radius 2 is 1.68 bits per heavy atom. The molecule has 1 amide bonds. The van der Waals surface area contributed by atoms with Crippen LogP contribution in [0.1, 0.15) is 38.8 Å². The Labute approximate surface area is 155 Å². The fraction of sp³-hybridized carbons (Fsp3) is 0.381. The van der Waals surface area contributed by atoms with Gasteiger partial charge in [-0.1, -0.05) is 56.6 Å². The number of carbonyl (C=O) groups is 1. The minimum Gasteiger partial charge on any atom is -0.481 e. The summed E-state index contributed by atoms with van der Waals surface area (Å²) in [6.45, 7) is 8.82. The van der Waals surface area contributed by atoms with Crippen molar-refractivity contribution in [3.63, 3.8) is 0 Å². The van der Waals surface area contributed by atoms with E-state index in [-0.39, 0.29) is 11.3 Å². The SMILES string of the molecule is C[C@@H](Oc1ccc(C(C)(C)C)cc1)C(=O)NCCc1ccc(Cl)cc1. The molecule has 134 valence electrons. The molecule has 0 aromatic heterocycles. The highest BCUT2D eigenvalue weighted by atomic mass is 35.5. The number of nitrogens with one attached hydrogen (secondary N) is 1. The molecule has 4 heteroatoms. The Morgan fingerprint density at radius 3 is 2.24 bits per heavy atom. The predicted octanol–water partition coefficient (Wildman–Crippen LogP) is 4.76. The molecule has 0 heterocycles. The largest absolute Gasteiger partial charge is 0.481 e. The molecule has 2 rings (SSSR count). The van der Waals surface area contributed by atoms with Gasteiger partial charge in [-0.2, -0.15) is 0 Å². The zero-order valence-corrected chi connectivity index (χ0v) is 16.1. The van der Waals surface area contributed by atoms with Gasteiger partial charge >= 0.3 is 0 Å². The Kier molecular flexibility index (Phi) is 6.49. The standard InChI is InChI=1S/C21H26ClNO2/c1-15(25-19-11-7-17(8-12-19)21(2,3)4)20(24)23-14-13-16-5-9-18(22)10-6-16/h5-12,15H,13-14H2,1-4H3,(H,23,24)/t15-/m1/s1. The molecule has 0 radical (unpaired) electrons. The van der Waals surface area contributed by atoms with Crippen LogP contribution >= 0.6 is 11.6 Å². The summed E-state index contributed by atoms with van der Waals surface area (Å²) < 4.78 is 5.73. The second kappa shape index (κ2) is 8.39. The molecular formula is C21H26ClNO2. The average Bonchev–Trinajstić information content (AvgIpc) is 2.56. The second-order valence-electron chi connectivity index (χ2n) is 7.20. The van der Waals surface area contributed by atoms with Gasteiger partial charge in [-0.05, 0) is 54.2 Å². The zero-order chi connectivity index (χ0) is 18.4. The van der Waals surface area contributed by atoms with Crippen LogP contribution < -0.4 is 10.1 Å². The Morgan fingerprint density at radius 1 is 1.08 bits per heavy atom. The number of benzene rings is 2. The summed E-state index contributed by atoms with van der Waals surface area (Å²) in [6, 6.07) is 15.5. The van der Waals surface area contributed by atoms with Crippen molar-refractivity contribution in [1.29, 1.82) is 0 Å². The highest BCUT2D eigenvalue weighted by molar-refractivity contribution is 6.30. The third-order valence-corrected chi connectivity index (χ3v) is 4.28. The van der Waals surface area contributed by atoms with Crippen LogP contribution in [0.3, 0.4) is 0 Å². The smallest absolute Gasteiger partial charge is 0.260 e.